The van der Waals surface area contributed by atoms with Crippen LogP contribution in [0.4, 0.5) is 0 Å². The Morgan fingerprint density at radius 2 is 1.94 bits per heavy atom. The van der Waals surface area contributed by atoms with Crippen molar-refractivity contribution in [2.75, 3.05) is 19.8 Å². The molecule has 0 aliphatic rings. The number of rotatable bonds is 10. The maximum atomic E-state index is 9.96. The van der Waals surface area contributed by atoms with Gasteiger partial charge in [0.1, 0.15) is 0 Å². The molecule has 0 amide bonds. The SMILES string of the molecule is CC(C#N)(CCOC=O)N=C=NCCCOC=O. The number of hydrogen-bond acceptors (Lipinski definition) is 7. The van der Waals surface area contributed by atoms with Gasteiger partial charge in [0.15, 0.2) is 5.54 Å². The zero-order valence-corrected chi connectivity index (χ0v) is 10.2. The van der Waals surface area contributed by atoms with Crippen LogP contribution in [0.15, 0.2) is 9.98 Å². The molecule has 0 heterocycles. The lowest BCUT2D eigenvalue weighted by Crippen LogP contribution is -2.21. The van der Waals surface area contributed by atoms with Crippen molar-refractivity contribution in [1.29, 1.82) is 5.26 Å². The molecule has 0 fully saturated rings. The number of carbonyl (C=O) groups is 2. The normalized spacial score (nSPS) is 12.2. The predicted octanol–water partition coefficient (Wildman–Crippen LogP) is 0.569. The maximum absolute atomic E-state index is 9.96. The second-order valence-electron chi connectivity index (χ2n) is 3.52. The summed E-state index contributed by atoms with van der Waals surface area (Å²) in [7, 11) is 0. The molecule has 18 heavy (non-hydrogen) atoms. The summed E-state index contributed by atoms with van der Waals surface area (Å²) in [5, 5.41) is 8.93. The number of nitrogens with zero attached hydrogens (tertiary/aromatic N) is 3. The number of hydrogen-bond donors (Lipinski definition) is 0. The van der Waals surface area contributed by atoms with Crippen LogP contribution in [-0.2, 0) is 19.1 Å². The summed E-state index contributed by atoms with van der Waals surface area (Å²) < 4.78 is 8.97. The Balaban J connectivity index is 4.08. The van der Waals surface area contributed by atoms with Crippen LogP contribution in [-0.4, -0.2) is 44.3 Å². The molecule has 0 spiro atoms. The molecular weight excluding hydrogens is 238 g/mol. The summed E-state index contributed by atoms with van der Waals surface area (Å²) in [5.74, 6) is 0. The van der Waals surface area contributed by atoms with Gasteiger partial charge in [0.25, 0.3) is 12.9 Å². The minimum absolute atomic E-state index is 0.117. The van der Waals surface area contributed by atoms with Gasteiger partial charge in [0, 0.05) is 12.8 Å². The topological polar surface area (TPSA) is 101 Å². The molecule has 0 aliphatic heterocycles. The van der Waals surface area contributed by atoms with Gasteiger partial charge in [0.2, 0.25) is 0 Å². The van der Waals surface area contributed by atoms with E-state index in [9.17, 15) is 9.59 Å². The van der Waals surface area contributed by atoms with Crippen molar-refractivity contribution in [3.63, 3.8) is 0 Å². The largest absolute Gasteiger partial charge is 0.468 e. The second-order valence-corrected chi connectivity index (χ2v) is 3.52. The number of carbonyl (C=O) groups excluding carboxylic acids is 2. The molecule has 0 aromatic carbocycles. The second kappa shape index (κ2) is 10.00. The minimum atomic E-state index is -1.01. The summed E-state index contributed by atoms with van der Waals surface area (Å²) in [4.78, 5) is 27.5. The van der Waals surface area contributed by atoms with E-state index in [1.165, 1.54) is 0 Å². The molecule has 0 radical (unpaired) electrons. The van der Waals surface area contributed by atoms with Gasteiger partial charge in [-0.2, -0.15) is 5.26 Å². The first-order valence-corrected chi connectivity index (χ1v) is 5.33. The van der Waals surface area contributed by atoms with Gasteiger partial charge in [-0.05, 0) is 6.92 Å². The Bertz CT molecular complexity index is 358. The first-order chi connectivity index (χ1) is 8.68. The smallest absolute Gasteiger partial charge is 0.293 e. The molecule has 0 saturated heterocycles. The Labute approximate surface area is 105 Å². The van der Waals surface area contributed by atoms with E-state index < -0.39 is 5.54 Å². The molecule has 7 nitrogen and oxygen atoms in total. The molecule has 0 rings (SSSR count). The van der Waals surface area contributed by atoms with E-state index in [0.717, 1.165) is 0 Å². The molecule has 0 aromatic heterocycles. The van der Waals surface area contributed by atoms with E-state index in [4.69, 9.17) is 5.26 Å². The first-order valence-electron chi connectivity index (χ1n) is 5.33. The highest BCUT2D eigenvalue weighted by Crippen LogP contribution is 2.12. The van der Waals surface area contributed by atoms with Gasteiger partial charge in [-0.1, -0.05) is 0 Å². The monoisotopic (exact) mass is 253 g/mol. The first kappa shape index (κ1) is 15.8. The molecule has 0 N–H and O–H groups in total. The van der Waals surface area contributed by atoms with Gasteiger partial charge in [-0.3, -0.25) is 9.59 Å². The summed E-state index contributed by atoms with van der Waals surface area (Å²) in [6.45, 7) is 3.10. The third-order valence-corrected chi connectivity index (χ3v) is 1.98. The zero-order chi connectivity index (χ0) is 13.7. The van der Waals surface area contributed by atoms with Crippen LogP contribution in [0, 0.1) is 11.3 Å². The highest BCUT2D eigenvalue weighted by Gasteiger charge is 2.22. The van der Waals surface area contributed by atoms with Crippen LogP contribution in [0.1, 0.15) is 19.8 Å². The van der Waals surface area contributed by atoms with E-state index in [1.54, 1.807) is 6.92 Å². The van der Waals surface area contributed by atoms with E-state index in [-0.39, 0.29) is 19.6 Å². The fourth-order valence-corrected chi connectivity index (χ4v) is 0.913. The molecule has 1 atom stereocenters. The van der Waals surface area contributed by atoms with Crippen LogP contribution in [0.3, 0.4) is 0 Å². The highest BCUT2D eigenvalue weighted by molar-refractivity contribution is 5.43. The number of aliphatic imine (C=N–C) groups is 2. The Morgan fingerprint density at radius 1 is 1.28 bits per heavy atom. The van der Waals surface area contributed by atoms with Gasteiger partial charge >= 0.3 is 0 Å². The molecule has 0 bridgehead atoms. The van der Waals surface area contributed by atoms with E-state index >= 15 is 0 Å². The predicted molar refractivity (Wildman–Crippen MR) is 62.0 cm³/mol. The van der Waals surface area contributed by atoms with Crippen LogP contribution < -0.4 is 0 Å². The van der Waals surface area contributed by atoms with Gasteiger partial charge < -0.3 is 9.47 Å². The summed E-state index contributed by atoms with van der Waals surface area (Å²) in [6, 6.07) is 4.41. The lowest BCUT2D eigenvalue weighted by Gasteiger charge is -2.12. The molecule has 7 heteroatoms. The van der Waals surface area contributed by atoms with Crippen molar-refractivity contribution >= 4 is 19.0 Å². The van der Waals surface area contributed by atoms with Crippen LogP contribution >= 0.6 is 0 Å². The van der Waals surface area contributed by atoms with Crippen molar-refractivity contribution in [3.8, 4) is 6.07 Å². The van der Waals surface area contributed by atoms with Crippen molar-refractivity contribution in [2.45, 2.75) is 25.3 Å². The lowest BCUT2D eigenvalue weighted by molar-refractivity contribution is -0.129. The van der Waals surface area contributed by atoms with Crippen LogP contribution in [0.2, 0.25) is 0 Å². The molecule has 0 aromatic rings. The van der Waals surface area contributed by atoms with Crippen molar-refractivity contribution in [2.24, 2.45) is 9.98 Å². The van der Waals surface area contributed by atoms with E-state index in [2.05, 4.69) is 25.5 Å². The fourth-order valence-electron chi connectivity index (χ4n) is 0.913. The van der Waals surface area contributed by atoms with Crippen molar-refractivity contribution in [3.05, 3.63) is 0 Å². The standard InChI is InChI=1S/C11H15N3O4/c1-11(7-12,3-6-18-10-16)14-8-13-4-2-5-17-9-15/h9-10H,2-6H2,1H3. The lowest BCUT2D eigenvalue weighted by atomic mass is 10.0. The van der Waals surface area contributed by atoms with Gasteiger partial charge in [0.05, 0.1) is 31.8 Å². The number of nitriles is 1. The average molecular weight is 253 g/mol. The maximum Gasteiger partial charge on any atom is 0.293 e. The van der Waals surface area contributed by atoms with Crippen molar-refractivity contribution < 1.29 is 19.1 Å². The third-order valence-electron chi connectivity index (χ3n) is 1.98. The van der Waals surface area contributed by atoms with Gasteiger partial charge in [-0.15, -0.1) is 0 Å². The Hall–Kier alpha value is -2.19. The summed E-state index contributed by atoms with van der Waals surface area (Å²) in [6.07, 6.45) is 0.845. The van der Waals surface area contributed by atoms with E-state index in [0.29, 0.717) is 25.9 Å². The summed E-state index contributed by atoms with van der Waals surface area (Å²) in [5.41, 5.74) is -1.01. The molecule has 98 valence electrons. The minimum Gasteiger partial charge on any atom is -0.468 e. The Morgan fingerprint density at radius 3 is 2.56 bits per heavy atom. The quantitative estimate of drug-likeness (QED) is 0.322. The van der Waals surface area contributed by atoms with Gasteiger partial charge in [-0.25, -0.2) is 9.98 Å². The molecular formula is C11H15N3O4. The van der Waals surface area contributed by atoms with E-state index in [1.807, 2.05) is 6.07 Å². The van der Waals surface area contributed by atoms with Crippen LogP contribution in [0.5, 0.6) is 0 Å². The summed E-state index contributed by atoms with van der Waals surface area (Å²) >= 11 is 0. The molecule has 0 aliphatic carbocycles. The number of ether oxygens (including phenoxy) is 2. The molecule has 0 saturated carbocycles. The zero-order valence-electron chi connectivity index (χ0n) is 10.2. The van der Waals surface area contributed by atoms with Crippen LogP contribution in [0.25, 0.3) is 0 Å². The third kappa shape index (κ3) is 8.02. The average Bonchev–Trinajstić information content (AvgIpc) is 2.38. The molecule has 1 unspecified atom stereocenters. The van der Waals surface area contributed by atoms with Crippen molar-refractivity contribution in [1.82, 2.24) is 0 Å². The Kier molecular flexibility index (Phi) is 8.78. The fraction of sp³-hybridized carbons (Fsp3) is 0.636. The highest BCUT2D eigenvalue weighted by atomic mass is 16.5.